The summed E-state index contributed by atoms with van der Waals surface area (Å²) in [5.74, 6) is -1.79. The van der Waals surface area contributed by atoms with Gasteiger partial charge in [0.2, 0.25) is 0 Å². The number of allylic oxidation sites excluding steroid dienone is 8. The van der Waals surface area contributed by atoms with Crippen LogP contribution in [-0.4, -0.2) is 60.5 Å². The lowest BCUT2D eigenvalue weighted by Gasteiger charge is -2.20. The van der Waals surface area contributed by atoms with Gasteiger partial charge in [-0.25, -0.2) is 4.57 Å². The van der Waals surface area contributed by atoms with Gasteiger partial charge < -0.3 is 25.2 Å². The van der Waals surface area contributed by atoms with Crippen LogP contribution in [-0.2, 0) is 32.7 Å². The predicted molar refractivity (Wildman–Crippen MR) is 235 cm³/mol. The van der Waals surface area contributed by atoms with Gasteiger partial charge in [-0.2, -0.15) is 0 Å². The van der Waals surface area contributed by atoms with E-state index in [4.69, 9.17) is 29.4 Å². The number of hydrogen-bond acceptors (Lipinski definition) is 8. The Bertz CT molecular complexity index is 1090. The van der Waals surface area contributed by atoms with Crippen LogP contribution >= 0.6 is 7.82 Å². The Morgan fingerprint density at radius 3 is 1.51 bits per heavy atom. The van der Waals surface area contributed by atoms with E-state index in [9.17, 15) is 19.0 Å². The molecule has 0 rings (SSSR count). The number of carboxylic acids is 1. The fourth-order valence-corrected chi connectivity index (χ4v) is 6.78. The van der Waals surface area contributed by atoms with E-state index in [-0.39, 0.29) is 13.0 Å². The van der Waals surface area contributed by atoms with E-state index in [1.807, 2.05) is 0 Å². The molecule has 0 aliphatic carbocycles. The Kier molecular flexibility index (Phi) is 40.5. The zero-order valence-corrected chi connectivity index (χ0v) is 37.1. The lowest BCUT2D eigenvalue weighted by Crippen LogP contribution is -2.34. The number of rotatable bonds is 43. The van der Waals surface area contributed by atoms with Crippen molar-refractivity contribution in [2.45, 2.75) is 206 Å². The number of nitrogens with two attached hydrogens (primary N) is 1. The van der Waals surface area contributed by atoms with Crippen molar-refractivity contribution >= 4 is 19.8 Å². The van der Waals surface area contributed by atoms with Crippen molar-refractivity contribution in [2.24, 2.45) is 5.73 Å². The standard InChI is InChI=1S/C46H84NO9P/c1-3-5-7-9-11-13-15-16-17-18-19-20-21-22-23-24-25-26-27-29-31-33-35-37-39-53-40-43(41-54-57(51,52)55-42-44(47)46(49)50)56-45(48)38-36-34-32-30-28-14-12-10-8-6-4-2/h10,12,15-16,18-19,21-22,43-44H,3-9,11,13-14,17,20,23-42,47H2,1-2H3,(H,49,50)(H,51,52)/b12-10-,16-15-,19-18-,22-21-. The lowest BCUT2D eigenvalue weighted by molar-refractivity contribution is -0.154. The summed E-state index contributed by atoms with van der Waals surface area (Å²) in [6.07, 6.45) is 48.9. The van der Waals surface area contributed by atoms with Crippen molar-refractivity contribution in [3.63, 3.8) is 0 Å². The molecule has 0 radical (unpaired) electrons. The number of carbonyl (C=O) groups excluding carboxylic acids is 1. The number of phosphoric ester groups is 1. The van der Waals surface area contributed by atoms with Crippen LogP contribution < -0.4 is 5.73 Å². The molecule has 0 aliphatic heterocycles. The molecule has 10 nitrogen and oxygen atoms in total. The summed E-state index contributed by atoms with van der Waals surface area (Å²) in [7, 11) is -4.62. The van der Waals surface area contributed by atoms with Crippen LogP contribution in [0.1, 0.15) is 194 Å². The number of esters is 1. The molecule has 0 bridgehead atoms. The van der Waals surface area contributed by atoms with Crippen LogP contribution in [0.4, 0.5) is 0 Å². The number of carbonyl (C=O) groups is 2. The van der Waals surface area contributed by atoms with E-state index in [1.54, 1.807) is 0 Å². The number of phosphoric acid groups is 1. The molecule has 0 aromatic rings. The van der Waals surface area contributed by atoms with Gasteiger partial charge in [-0.05, 0) is 70.6 Å². The normalized spacial score (nSPS) is 14.3. The average Bonchev–Trinajstić information content (AvgIpc) is 3.19. The number of hydrogen-bond donors (Lipinski definition) is 3. The third-order valence-electron chi connectivity index (χ3n) is 9.58. The molecule has 0 spiro atoms. The second kappa shape index (κ2) is 42.1. The van der Waals surface area contributed by atoms with Crippen LogP contribution in [0, 0.1) is 0 Å². The fraction of sp³-hybridized carbons (Fsp3) is 0.783. The maximum absolute atomic E-state index is 12.6. The molecule has 0 aliphatic rings. The molecule has 4 N–H and O–H groups in total. The Balaban J connectivity index is 4.13. The second-order valence-corrected chi connectivity index (χ2v) is 16.6. The van der Waals surface area contributed by atoms with Gasteiger partial charge in [0.1, 0.15) is 12.1 Å². The second-order valence-electron chi connectivity index (χ2n) is 15.2. The number of ether oxygens (including phenoxy) is 2. The molecule has 11 heteroatoms. The summed E-state index contributed by atoms with van der Waals surface area (Å²) >= 11 is 0. The molecule has 0 saturated carbocycles. The molecule has 57 heavy (non-hydrogen) atoms. The zero-order valence-electron chi connectivity index (χ0n) is 36.2. The highest BCUT2D eigenvalue weighted by Gasteiger charge is 2.27. The lowest BCUT2D eigenvalue weighted by atomic mass is 10.1. The fourth-order valence-electron chi connectivity index (χ4n) is 6.00. The molecule has 3 atom stereocenters. The molecule has 0 fully saturated rings. The summed E-state index contributed by atoms with van der Waals surface area (Å²) < 4.78 is 33.3. The van der Waals surface area contributed by atoms with E-state index in [2.05, 4.69) is 62.5 Å². The van der Waals surface area contributed by atoms with Crippen molar-refractivity contribution in [2.75, 3.05) is 26.4 Å². The highest BCUT2D eigenvalue weighted by Crippen LogP contribution is 2.43. The van der Waals surface area contributed by atoms with Crippen molar-refractivity contribution in [1.29, 1.82) is 0 Å². The van der Waals surface area contributed by atoms with Gasteiger partial charge in [0.25, 0.3) is 0 Å². The molecule has 332 valence electrons. The van der Waals surface area contributed by atoms with Crippen molar-refractivity contribution < 1.29 is 42.7 Å². The van der Waals surface area contributed by atoms with Crippen LogP contribution in [0.25, 0.3) is 0 Å². The third kappa shape index (κ3) is 41.9. The quantitative estimate of drug-likeness (QED) is 0.0234. The van der Waals surface area contributed by atoms with Crippen molar-refractivity contribution in [3.05, 3.63) is 48.6 Å². The smallest absolute Gasteiger partial charge is 0.472 e. The van der Waals surface area contributed by atoms with Gasteiger partial charge in [0.05, 0.1) is 19.8 Å². The third-order valence-corrected chi connectivity index (χ3v) is 10.5. The first kappa shape index (κ1) is 54.9. The maximum atomic E-state index is 12.6. The molecule has 0 saturated heterocycles. The molecule has 0 heterocycles. The topological polar surface area (TPSA) is 155 Å². The van der Waals surface area contributed by atoms with Gasteiger partial charge in [0, 0.05) is 13.0 Å². The van der Waals surface area contributed by atoms with Gasteiger partial charge in [-0.15, -0.1) is 0 Å². The zero-order chi connectivity index (χ0) is 41.9. The average molecular weight is 826 g/mol. The minimum absolute atomic E-state index is 0.00893. The van der Waals surface area contributed by atoms with E-state index in [0.29, 0.717) is 13.0 Å². The largest absolute Gasteiger partial charge is 0.480 e. The summed E-state index contributed by atoms with van der Waals surface area (Å²) in [6.45, 7) is 3.80. The van der Waals surface area contributed by atoms with Gasteiger partial charge in [0.15, 0.2) is 0 Å². The summed E-state index contributed by atoms with van der Waals surface area (Å²) in [6, 6.07) is -1.48. The Labute approximate surface area is 348 Å². The predicted octanol–water partition coefficient (Wildman–Crippen LogP) is 12.6. The van der Waals surface area contributed by atoms with Crippen molar-refractivity contribution in [3.8, 4) is 0 Å². The number of unbranched alkanes of at least 4 members (excludes halogenated alkanes) is 21. The molecular formula is C46H84NO9P. The SMILES string of the molecule is CCCC/C=C\CCCCCCCC(=O)OC(COCCCCCCCCCCC/C=C\C/C=C\C/C=C\CCCCCCC)COP(=O)(O)OCC(N)C(=O)O. The molecule has 0 amide bonds. The van der Waals surface area contributed by atoms with Gasteiger partial charge >= 0.3 is 19.8 Å². The monoisotopic (exact) mass is 826 g/mol. The Hall–Kier alpha value is -2.07. The van der Waals surface area contributed by atoms with E-state index < -0.39 is 45.1 Å². The summed E-state index contributed by atoms with van der Waals surface area (Å²) in [5.41, 5.74) is 5.35. The van der Waals surface area contributed by atoms with Crippen LogP contribution in [0.5, 0.6) is 0 Å². The van der Waals surface area contributed by atoms with Crippen LogP contribution in [0.3, 0.4) is 0 Å². The highest BCUT2D eigenvalue weighted by molar-refractivity contribution is 7.47. The minimum Gasteiger partial charge on any atom is -0.480 e. The Morgan fingerprint density at radius 2 is 0.982 bits per heavy atom. The van der Waals surface area contributed by atoms with E-state index in [1.165, 1.54) is 89.9 Å². The summed E-state index contributed by atoms with van der Waals surface area (Å²) in [4.78, 5) is 33.5. The van der Waals surface area contributed by atoms with E-state index >= 15 is 0 Å². The number of carboxylic acid groups (broad SMARTS) is 1. The van der Waals surface area contributed by atoms with Crippen molar-refractivity contribution in [1.82, 2.24) is 0 Å². The molecule has 0 aromatic carbocycles. The van der Waals surface area contributed by atoms with Crippen LogP contribution in [0.2, 0.25) is 0 Å². The highest BCUT2D eigenvalue weighted by atomic mass is 31.2. The summed E-state index contributed by atoms with van der Waals surface area (Å²) in [5, 5.41) is 8.89. The van der Waals surface area contributed by atoms with E-state index in [0.717, 1.165) is 77.0 Å². The molecular weight excluding hydrogens is 741 g/mol. The maximum Gasteiger partial charge on any atom is 0.472 e. The molecule has 0 aromatic heterocycles. The first-order chi connectivity index (χ1) is 27.7. The number of aliphatic carboxylic acids is 1. The first-order valence-corrected chi connectivity index (χ1v) is 24.2. The van der Waals surface area contributed by atoms with Gasteiger partial charge in [-0.3, -0.25) is 18.6 Å². The van der Waals surface area contributed by atoms with Gasteiger partial charge in [-0.1, -0.05) is 165 Å². The minimum atomic E-state index is -4.62. The Morgan fingerprint density at radius 1 is 0.561 bits per heavy atom. The molecule has 3 unspecified atom stereocenters. The first-order valence-electron chi connectivity index (χ1n) is 22.7. The van der Waals surface area contributed by atoms with Crippen LogP contribution in [0.15, 0.2) is 48.6 Å².